The number of aliphatic imine (C=N–C) groups is 1. The topological polar surface area (TPSA) is 77.6 Å². The molecule has 0 bridgehead atoms. The van der Waals surface area contributed by atoms with Gasteiger partial charge in [-0.3, -0.25) is 14.6 Å². The summed E-state index contributed by atoms with van der Waals surface area (Å²) in [7, 11) is 0. The van der Waals surface area contributed by atoms with Gasteiger partial charge in [0.05, 0.1) is 16.3 Å². The second kappa shape index (κ2) is 9.57. The first-order valence-corrected chi connectivity index (χ1v) is 11.7. The number of aromatic amines is 1. The minimum atomic E-state index is -0.685. The van der Waals surface area contributed by atoms with Gasteiger partial charge in [-0.05, 0) is 42.8 Å². The van der Waals surface area contributed by atoms with E-state index in [1.807, 2.05) is 30.5 Å². The van der Waals surface area contributed by atoms with Crippen LogP contribution >= 0.6 is 23.2 Å². The Kier molecular flexibility index (Phi) is 6.77. The van der Waals surface area contributed by atoms with Crippen molar-refractivity contribution in [2.24, 2.45) is 10.9 Å². The average molecular weight is 485 g/mol. The van der Waals surface area contributed by atoms with Crippen LogP contribution < -0.4 is 5.32 Å². The molecule has 1 aromatic heterocycles. The molecule has 8 heteroatoms. The predicted octanol–water partition coefficient (Wildman–Crippen LogP) is 5.40. The normalized spacial score (nSPS) is 18.6. The average Bonchev–Trinajstić information content (AvgIpc) is 3.17. The van der Waals surface area contributed by atoms with Crippen LogP contribution in [0.2, 0.25) is 10.0 Å². The molecule has 0 radical (unpaired) electrons. The molecule has 2 N–H and O–H groups in total. The van der Waals surface area contributed by atoms with Crippen molar-refractivity contribution in [3.8, 4) is 0 Å². The van der Waals surface area contributed by atoms with E-state index >= 15 is 0 Å². The van der Waals surface area contributed by atoms with E-state index in [-0.39, 0.29) is 34.1 Å². The minimum absolute atomic E-state index is 0.143. The minimum Gasteiger partial charge on any atom is -0.361 e. The zero-order valence-corrected chi connectivity index (χ0v) is 20.1. The summed E-state index contributed by atoms with van der Waals surface area (Å²) < 4.78 is 0. The number of carbonyl (C=O) groups is 2. The molecule has 6 nitrogen and oxygen atoms in total. The Morgan fingerprint density at radius 3 is 2.76 bits per heavy atom. The molecule has 1 unspecified atom stereocenters. The summed E-state index contributed by atoms with van der Waals surface area (Å²) in [6, 6.07) is 10.1. The number of hydrogen-bond donors (Lipinski definition) is 2. The van der Waals surface area contributed by atoms with Gasteiger partial charge in [-0.25, -0.2) is 0 Å². The lowest BCUT2D eigenvalue weighted by Gasteiger charge is -2.40. The van der Waals surface area contributed by atoms with Crippen LogP contribution in [0.25, 0.3) is 10.9 Å². The quantitative estimate of drug-likeness (QED) is 0.459. The molecule has 0 aliphatic carbocycles. The number of halogens is 2. The van der Waals surface area contributed by atoms with E-state index in [9.17, 15) is 9.59 Å². The lowest BCUT2D eigenvalue weighted by molar-refractivity contribution is -0.129. The largest absolute Gasteiger partial charge is 0.361 e. The molecule has 2 amide bonds. The van der Waals surface area contributed by atoms with E-state index in [1.165, 1.54) is 12.1 Å². The maximum atomic E-state index is 13.8. The number of nitrogens with zero attached hydrogens (tertiary/aromatic N) is 2. The predicted molar refractivity (Wildman–Crippen MR) is 134 cm³/mol. The van der Waals surface area contributed by atoms with Crippen LogP contribution in [0, 0.1) is 5.92 Å². The van der Waals surface area contributed by atoms with Crippen molar-refractivity contribution in [2.45, 2.75) is 38.8 Å². The molecule has 2 aromatic carbocycles. The standard InChI is InChI=1S/C25H26Cl2N4O2/c1-14(2)8-17-13-31(25(33)19-10-16(26)11-20(27)23(19)28-3)22(24(32)30-17)9-15-12-29-21-7-5-4-6-18(15)21/h4-7,10-12,14,17,22,29H,3,8-9,13H2,1-2H3,(H,30,32)/t17-,22?/m0/s1. The molecule has 0 spiro atoms. The van der Waals surface area contributed by atoms with E-state index in [2.05, 4.69) is 35.9 Å². The van der Waals surface area contributed by atoms with Crippen molar-refractivity contribution in [3.05, 3.63) is 63.8 Å². The molecule has 1 aliphatic rings. The fraction of sp³-hybridized carbons (Fsp3) is 0.320. The Morgan fingerprint density at radius 2 is 2.03 bits per heavy atom. The Bertz CT molecular complexity index is 1220. The highest BCUT2D eigenvalue weighted by Crippen LogP contribution is 2.34. The summed E-state index contributed by atoms with van der Waals surface area (Å²) in [5.41, 5.74) is 2.46. The molecule has 33 heavy (non-hydrogen) atoms. The highest BCUT2D eigenvalue weighted by molar-refractivity contribution is 6.37. The van der Waals surface area contributed by atoms with Gasteiger partial charge in [0.25, 0.3) is 5.91 Å². The maximum Gasteiger partial charge on any atom is 0.256 e. The summed E-state index contributed by atoms with van der Waals surface area (Å²) in [6.07, 6.45) is 3.03. The van der Waals surface area contributed by atoms with Gasteiger partial charge in [0.15, 0.2) is 0 Å². The van der Waals surface area contributed by atoms with E-state index < -0.39 is 6.04 Å². The summed E-state index contributed by atoms with van der Waals surface area (Å²) in [4.78, 5) is 35.9. The second-order valence-electron chi connectivity index (χ2n) is 8.81. The SMILES string of the molecule is C=Nc1c(Cl)cc(Cl)cc1C(=O)N1C[C@H](CC(C)C)NC(=O)C1Cc1c[nH]c2ccccc12. The number of aromatic nitrogens is 1. The van der Waals surface area contributed by atoms with Crippen LogP contribution in [0.15, 0.2) is 47.6 Å². The number of H-pyrrole nitrogens is 1. The number of piperazine rings is 1. The third-order valence-corrected chi connectivity index (χ3v) is 6.47. The van der Waals surface area contributed by atoms with Crippen LogP contribution in [0.5, 0.6) is 0 Å². The van der Waals surface area contributed by atoms with Crippen molar-refractivity contribution < 1.29 is 9.59 Å². The van der Waals surface area contributed by atoms with Gasteiger partial charge >= 0.3 is 0 Å². The molecule has 2 heterocycles. The number of rotatable bonds is 6. The van der Waals surface area contributed by atoms with Gasteiger partial charge in [0.2, 0.25) is 5.91 Å². The number of nitrogens with one attached hydrogen (secondary N) is 2. The van der Waals surface area contributed by atoms with Crippen molar-refractivity contribution in [3.63, 3.8) is 0 Å². The first kappa shape index (κ1) is 23.3. The van der Waals surface area contributed by atoms with Crippen molar-refractivity contribution in [2.75, 3.05) is 6.54 Å². The molecular formula is C25H26Cl2N4O2. The Balaban J connectivity index is 1.73. The summed E-state index contributed by atoms with van der Waals surface area (Å²) in [6.45, 7) is 8.13. The third-order valence-electron chi connectivity index (χ3n) is 5.96. The Hall–Kier alpha value is -2.83. The fourth-order valence-corrected chi connectivity index (χ4v) is 5.09. The Labute approximate surface area is 203 Å². The first-order valence-electron chi connectivity index (χ1n) is 10.9. The van der Waals surface area contributed by atoms with Crippen LogP contribution in [0.4, 0.5) is 5.69 Å². The third kappa shape index (κ3) is 4.77. The molecule has 2 atom stereocenters. The van der Waals surface area contributed by atoms with E-state index in [0.717, 1.165) is 22.9 Å². The highest BCUT2D eigenvalue weighted by atomic mass is 35.5. The fourth-order valence-electron chi connectivity index (χ4n) is 4.53. The highest BCUT2D eigenvalue weighted by Gasteiger charge is 2.39. The van der Waals surface area contributed by atoms with Gasteiger partial charge in [-0.15, -0.1) is 0 Å². The smallest absolute Gasteiger partial charge is 0.256 e. The summed E-state index contributed by atoms with van der Waals surface area (Å²) in [5.74, 6) is -0.148. The lowest BCUT2D eigenvalue weighted by atomic mass is 9.95. The molecule has 4 rings (SSSR count). The monoisotopic (exact) mass is 484 g/mol. The van der Waals surface area contributed by atoms with Crippen molar-refractivity contribution >= 4 is 58.3 Å². The molecule has 3 aromatic rings. The van der Waals surface area contributed by atoms with Crippen molar-refractivity contribution in [1.82, 2.24) is 15.2 Å². The number of amides is 2. The molecule has 172 valence electrons. The maximum absolute atomic E-state index is 13.8. The van der Waals surface area contributed by atoms with E-state index in [4.69, 9.17) is 23.2 Å². The zero-order chi connectivity index (χ0) is 23.7. The Morgan fingerprint density at radius 1 is 1.27 bits per heavy atom. The number of para-hydroxylation sites is 1. The van der Waals surface area contributed by atoms with Crippen LogP contribution in [-0.2, 0) is 11.2 Å². The van der Waals surface area contributed by atoms with Crippen LogP contribution in [0.3, 0.4) is 0 Å². The molecular weight excluding hydrogens is 459 g/mol. The lowest BCUT2D eigenvalue weighted by Crippen LogP contribution is -2.62. The van der Waals surface area contributed by atoms with Crippen LogP contribution in [0.1, 0.15) is 36.2 Å². The molecule has 1 aliphatic heterocycles. The number of fused-ring (bicyclic) bond motifs is 1. The van der Waals surface area contributed by atoms with Gasteiger partial charge in [0.1, 0.15) is 6.04 Å². The van der Waals surface area contributed by atoms with Gasteiger partial charge < -0.3 is 15.2 Å². The summed E-state index contributed by atoms with van der Waals surface area (Å²) in [5, 5.41) is 4.71. The van der Waals surface area contributed by atoms with Crippen molar-refractivity contribution in [1.29, 1.82) is 0 Å². The van der Waals surface area contributed by atoms with E-state index in [1.54, 1.807) is 4.90 Å². The zero-order valence-electron chi connectivity index (χ0n) is 18.6. The number of carbonyl (C=O) groups excluding carboxylic acids is 2. The summed E-state index contributed by atoms with van der Waals surface area (Å²) >= 11 is 12.5. The molecule has 0 saturated carbocycles. The number of hydrogen-bond acceptors (Lipinski definition) is 3. The first-order chi connectivity index (χ1) is 15.8. The van der Waals surface area contributed by atoms with E-state index in [0.29, 0.717) is 23.9 Å². The van der Waals surface area contributed by atoms with Gasteiger partial charge in [-0.1, -0.05) is 55.2 Å². The second-order valence-corrected chi connectivity index (χ2v) is 9.66. The molecule has 1 saturated heterocycles. The number of benzene rings is 2. The molecule has 1 fully saturated rings. The van der Waals surface area contributed by atoms with Gasteiger partial charge in [0, 0.05) is 41.1 Å². The van der Waals surface area contributed by atoms with Gasteiger partial charge in [-0.2, -0.15) is 0 Å². The van der Waals surface area contributed by atoms with Crippen LogP contribution in [-0.4, -0.2) is 47.0 Å².